The highest BCUT2D eigenvalue weighted by molar-refractivity contribution is 7.15. The Morgan fingerprint density at radius 2 is 2.25 bits per heavy atom. The van der Waals surface area contributed by atoms with Crippen LogP contribution in [-0.2, 0) is 0 Å². The second-order valence-electron chi connectivity index (χ2n) is 3.95. The number of allylic oxidation sites excluding steroid dienone is 3. The van der Waals surface area contributed by atoms with Crippen molar-refractivity contribution >= 4 is 16.5 Å². The maximum Gasteiger partial charge on any atom is 0.201 e. The van der Waals surface area contributed by atoms with Crippen LogP contribution in [0.2, 0.25) is 0 Å². The summed E-state index contributed by atoms with van der Waals surface area (Å²) in [6.45, 7) is 4.12. The first-order valence-corrected chi connectivity index (χ1v) is 6.36. The number of thiazole rings is 1. The fourth-order valence-electron chi connectivity index (χ4n) is 1.58. The molecule has 1 aliphatic rings. The van der Waals surface area contributed by atoms with Gasteiger partial charge in [0, 0.05) is 11.1 Å². The van der Waals surface area contributed by atoms with Gasteiger partial charge in [-0.05, 0) is 38.7 Å². The number of aromatic nitrogens is 1. The van der Waals surface area contributed by atoms with Crippen molar-refractivity contribution in [3.63, 3.8) is 0 Å². The van der Waals surface area contributed by atoms with Crippen LogP contribution in [0.5, 0.6) is 0 Å². The summed E-state index contributed by atoms with van der Waals surface area (Å²) in [5.41, 5.74) is 8.75. The Labute approximate surface area is 100 Å². The molecule has 2 rings (SSSR count). The number of nitrogens with zero attached hydrogens (tertiary/aromatic N) is 1. The summed E-state index contributed by atoms with van der Waals surface area (Å²) < 4.78 is 0. The van der Waals surface area contributed by atoms with Gasteiger partial charge in [-0.15, -0.1) is 11.3 Å². The van der Waals surface area contributed by atoms with E-state index < -0.39 is 0 Å². The number of hydrogen-bond donors (Lipinski definition) is 2. The molecule has 0 aromatic carbocycles. The van der Waals surface area contributed by atoms with Crippen LogP contribution >= 0.6 is 11.3 Å². The van der Waals surface area contributed by atoms with E-state index in [0.29, 0.717) is 0 Å². The second kappa shape index (κ2) is 5.16. The van der Waals surface area contributed by atoms with Gasteiger partial charge in [-0.3, -0.25) is 5.43 Å². The van der Waals surface area contributed by atoms with E-state index in [4.69, 9.17) is 0 Å². The summed E-state index contributed by atoms with van der Waals surface area (Å²) in [5, 5.41) is 0.929. The third-order valence-corrected chi connectivity index (χ3v) is 3.65. The smallest absolute Gasteiger partial charge is 0.201 e. The Kier molecular flexibility index (Phi) is 3.62. The van der Waals surface area contributed by atoms with Crippen molar-refractivity contribution in [2.45, 2.75) is 33.1 Å². The van der Waals surface area contributed by atoms with E-state index in [9.17, 15) is 0 Å². The minimum absolute atomic E-state index is 0.929. The number of nitrogens with one attached hydrogen (secondary N) is 2. The predicted octanol–water partition coefficient (Wildman–Crippen LogP) is 3.30. The molecule has 0 bridgehead atoms. The molecule has 0 saturated heterocycles. The van der Waals surface area contributed by atoms with E-state index in [0.717, 1.165) is 30.1 Å². The SMILES string of the molecule is Cc1nc(NN/C=C2\CC=CCC2)sc1C. The van der Waals surface area contributed by atoms with Crippen molar-refractivity contribution in [1.82, 2.24) is 10.4 Å². The Balaban J connectivity index is 1.85. The second-order valence-corrected chi connectivity index (χ2v) is 5.15. The van der Waals surface area contributed by atoms with Crippen LogP contribution in [0.15, 0.2) is 23.9 Å². The van der Waals surface area contributed by atoms with Gasteiger partial charge in [-0.1, -0.05) is 12.2 Å². The summed E-state index contributed by atoms with van der Waals surface area (Å²) in [7, 11) is 0. The van der Waals surface area contributed by atoms with Gasteiger partial charge in [-0.25, -0.2) is 4.98 Å². The summed E-state index contributed by atoms with van der Waals surface area (Å²) in [6.07, 6.45) is 9.87. The first-order chi connectivity index (χ1) is 7.75. The van der Waals surface area contributed by atoms with Crippen LogP contribution in [0.3, 0.4) is 0 Å². The van der Waals surface area contributed by atoms with Crippen LogP contribution in [0.1, 0.15) is 29.8 Å². The van der Waals surface area contributed by atoms with E-state index >= 15 is 0 Å². The van der Waals surface area contributed by atoms with Gasteiger partial charge >= 0.3 is 0 Å². The molecule has 0 spiro atoms. The van der Waals surface area contributed by atoms with Crippen LogP contribution in [0, 0.1) is 13.8 Å². The van der Waals surface area contributed by atoms with Crippen LogP contribution in [0.25, 0.3) is 0 Å². The zero-order chi connectivity index (χ0) is 11.4. The molecule has 16 heavy (non-hydrogen) atoms. The molecule has 86 valence electrons. The summed E-state index contributed by atoms with van der Waals surface area (Å²) in [5.74, 6) is 0. The molecule has 0 aliphatic heterocycles. The lowest BCUT2D eigenvalue weighted by atomic mass is 10.0. The van der Waals surface area contributed by atoms with Crippen molar-refractivity contribution in [2.24, 2.45) is 0 Å². The van der Waals surface area contributed by atoms with E-state index in [2.05, 4.69) is 41.1 Å². The molecule has 1 aromatic heterocycles. The number of aryl methyl sites for hydroxylation is 2. The molecule has 0 atom stereocenters. The van der Waals surface area contributed by atoms with Gasteiger partial charge < -0.3 is 5.43 Å². The highest BCUT2D eigenvalue weighted by Gasteiger charge is 2.02. The maximum absolute atomic E-state index is 4.39. The standard InChI is InChI=1S/C12H17N3S/c1-9-10(2)16-12(14-9)15-13-8-11-6-4-3-5-7-11/h3-4,8,13H,5-7H2,1-2H3,(H,14,15)/b11-8+. The average Bonchev–Trinajstić information content (AvgIpc) is 2.60. The van der Waals surface area contributed by atoms with E-state index in [1.807, 2.05) is 6.92 Å². The fourth-order valence-corrected chi connectivity index (χ4v) is 2.36. The monoisotopic (exact) mass is 235 g/mol. The molecular weight excluding hydrogens is 218 g/mol. The Hall–Kier alpha value is -1.29. The lowest BCUT2D eigenvalue weighted by Crippen LogP contribution is -2.15. The summed E-state index contributed by atoms with van der Waals surface area (Å²) in [6, 6.07) is 0. The predicted molar refractivity (Wildman–Crippen MR) is 69.4 cm³/mol. The third-order valence-electron chi connectivity index (χ3n) is 2.66. The lowest BCUT2D eigenvalue weighted by molar-refractivity contribution is 0.871. The molecule has 1 aromatic rings. The average molecular weight is 235 g/mol. The molecular formula is C12H17N3S. The third kappa shape index (κ3) is 2.85. The Morgan fingerprint density at radius 3 is 2.88 bits per heavy atom. The number of hydrazine groups is 1. The zero-order valence-corrected chi connectivity index (χ0v) is 10.5. The Bertz CT molecular complexity index is 398. The van der Waals surface area contributed by atoms with Crippen molar-refractivity contribution < 1.29 is 0 Å². The zero-order valence-electron chi connectivity index (χ0n) is 9.71. The first kappa shape index (κ1) is 11.2. The van der Waals surface area contributed by atoms with Crippen molar-refractivity contribution in [2.75, 3.05) is 5.43 Å². The normalized spacial score (nSPS) is 17.8. The largest absolute Gasteiger partial charge is 0.306 e. The van der Waals surface area contributed by atoms with Crippen LogP contribution in [-0.4, -0.2) is 4.98 Å². The molecule has 0 radical (unpaired) electrons. The van der Waals surface area contributed by atoms with E-state index in [-0.39, 0.29) is 0 Å². The van der Waals surface area contributed by atoms with Gasteiger partial charge in [0.15, 0.2) is 0 Å². The van der Waals surface area contributed by atoms with Gasteiger partial charge in [0.25, 0.3) is 0 Å². The minimum Gasteiger partial charge on any atom is -0.306 e. The summed E-state index contributed by atoms with van der Waals surface area (Å²) >= 11 is 1.67. The topological polar surface area (TPSA) is 37.0 Å². The molecule has 1 heterocycles. The molecule has 3 nitrogen and oxygen atoms in total. The number of hydrogen-bond acceptors (Lipinski definition) is 4. The molecule has 0 saturated carbocycles. The number of anilines is 1. The first-order valence-electron chi connectivity index (χ1n) is 5.54. The molecule has 0 unspecified atom stereocenters. The molecule has 1 aliphatic carbocycles. The highest BCUT2D eigenvalue weighted by atomic mass is 32.1. The lowest BCUT2D eigenvalue weighted by Gasteiger charge is -2.09. The van der Waals surface area contributed by atoms with Gasteiger partial charge in [0.1, 0.15) is 0 Å². The van der Waals surface area contributed by atoms with Crippen LogP contribution in [0.4, 0.5) is 5.13 Å². The van der Waals surface area contributed by atoms with Gasteiger partial charge in [0.05, 0.1) is 5.69 Å². The highest BCUT2D eigenvalue weighted by Crippen LogP contribution is 2.20. The molecule has 2 N–H and O–H groups in total. The molecule has 4 heteroatoms. The minimum atomic E-state index is 0.929. The van der Waals surface area contributed by atoms with Gasteiger partial charge in [-0.2, -0.15) is 0 Å². The fraction of sp³-hybridized carbons (Fsp3) is 0.417. The Morgan fingerprint density at radius 1 is 1.38 bits per heavy atom. The van der Waals surface area contributed by atoms with Crippen LogP contribution < -0.4 is 10.9 Å². The van der Waals surface area contributed by atoms with E-state index in [1.165, 1.54) is 10.5 Å². The van der Waals surface area contributed by atoms with Crippen molar-refractivity contribution in [3.8, 4) is 0 Å². The van der Waals surface area contributed by atoms with Crippen molar-refractivity contribution in [1.29, 1.82) is 0 Å². The van der Waals surface area contributed by atoms with E-state index in [1.54, 1.807) is 11.3 Å². The van der Waals surface area contributed by atoms with Crippen molar-refractivity contribution in [3.05, 3.63) is 34.5 Å². The molecule has 0 fully saturated rings. The molecule has 0 amide bonds. The maximum atomic E-state index is 4.39. The summed E-state index contributed by atoms with van der Waals surface area (Å²) in [4.78, 5) is 5.66. The number of rotatable bonds is 3. The van der Waals surface area contributed by atoms with Gasteiger partial charge in [0.2, 0.25) is 5.13 Å². The quantitative estimate of drug-likeness (QED) is 0.623.